The van der Waals surface area contributed by atoms with Crippen LogP contribution in [0.1, 0.15) is 12.8 Å². The van der Waals surface area contributed by atoms with Gasteiger partial charge in [0.1, 0.15) is 0 Å². The summed E-state index contributed by atoms with van der Waals surface area (Å²) in [7, 11) is 6.01. The van der Waals surface area contributed by atoms with E-state index in [1.54, 1.807) is 0 Å². The van der Waals surface area contributed by atoms with Crippen LogP contribution in [0.2, 0.25) is 0 Å². The summed E-state index contributed by atoms with van der Waals surface area (Å²) >= 11 is 0. The van der Waals surface area contributed by atoms with Crippen LogP contribution in [0.5, 0.6) is 0 Å². The monoisotopic (exact) mass is 156 g/mol. The fourth-order valence-corrected chi connectivity index (χ4v) is 1.64. The number of rotatable bonds is 3. The van der Waals surface area contributed by atoms with E-state index in [2.05, 4.69) is 22.4 Å². The van der Waals surface area contributed by atoms with E-state index in [0.29, 0.717) is 6.04 Å². The standard InChI is InChI=1S/C8H18N3/c1-9-7-4-5-8(6-7,10-2)11-3/h4,7,9-11H,5-6H2,1-3H3. The van der Waals surface area contributed by atoms with Crippen molar-refractivity contribution < 1.29 is 0 Å². The van der Waals surface area contributed by atoms with Gasteiger partial charge in [0.15, 0.2) is 0 Å². The minimum Gasteiger partial charge on any atom is -0.317 e. The Bertz CT molecular complexity index is 121. The number of hydrogen-bond donors (Lipinski definition) is 3. The normalized spacial score (nSPS) is 29.2. The molecule has 65 valence electrons. The van der Waals surface area contributed by atoms with Crippen LogP contribution >= 0.6 is 0 Å². The molecule has 0 saturated heterocycles. The third-order valence-corrected chi connectivity index (χ3v) is 2.65. The molecule has 0 aromatic heterocycles. The van der Waals surface area contributed by atoms with Gasteiger partial charge in [-0.3, -0.25) is 0 Å². The summed E-state index contributed by atoms with van der Waals surface area (Å²) in [6, 6.07) is 0.551. The van der Waals surface area contributed by atoms with E-state index in [4.69, 9.17) is 0 Å². The van der Waals surface area contributed by atoms with Crippen LogP contribution in [-0.2, 0) is 0 Å². The topological polar surface area (TPSA) is 36.1 Å². The Kier molecular flexibility index (Phi) is 2.87. The smallest absolute Gasteiger partial charge is 0.0700 e. The molecule has 1 unspecified atom stereocenters. The maximum Gasteiger partial charge on any atom is 0.0700 e. The van der Waals surface area contributed by atoms with Crippen LogP contribution in [0.15, 0.2) is 0 Å². The average Bonchev–Trinajstić information content (AvgIpc) is 2.49. The highest BCUT2D eigenvalue weighted by molar-refractivity contribution is 5.04. The highest BCUT2D eigenvalue weighted by Gasteiger charge is 2.35. The van der Waals surface area contributed by atoms with Crippen molar-refractivity contribution >= 4 is 0 Å². The summed E-state index contributed by atoms with van der Waals surface area (Å²) in [4.78, 5) is 0. The number of hydrogen-bond acceptors (Lipinski definition) is 3. The predicted molar refractivity (Wildman–Crippen MR) is 47.2 cm³/mol. The van der Waals surface area contributed by atoms with Gasteiger partial charge in [-0.25, -0.2) is 0 Å². The Hall–Kier alpha value is -0.120. The van der Waals surface area contributed by atoms with Crippen LogP contribution in [0.25, 0.3) is 0 Å². The largest absolute Gasteiger partial charge is 0.317 e. The molecule has 1 saturated carbocycles. The molecule has 11 heavy (non-hydrogen) atoms. The van der Waals surface area contributed by atoms with Crippen LogP contribution in [0.3, 0.4) is 0 Å². The van der Waals surface area contributed by atoms with Gasteiger partial charge in [-0.05, 0) is 40.4 Å². The first kappa shape index (κ1) is 8.97. The summed E-state index contributed by atoms with van der Waals surface area (Å²) < 4.78 is 0. The first-order chi connectivity index (χ1) is 5.26. The van der Waals surface area contributed by atoms with E-state index in [1.807, 2.05) is 21.1 Å². The first-order valence-corrected chi connectivity index (χ1v) is 4.15. The lowest BCUT2D eigenvalue weighted by Crippen LogP contribution is -2.52. The Morgan fingerprint density at radius 1 is 1.27 bits per heavy atom. The van der Waals surface area contributed by atoms with Gasteiger partial charge in [0.05, 0.1) is 5.66 Å². The maximum atomic E-state index is 3.31. The lowest BCUT2D eigenvalue weighted by atomic mass is 10.1. The Morgan fingerprint density at radius 3 is 2.18 bits per heavy atom. The molecule has 1 aliphatic carbocycles. The van der Waals surface area contributed by atoms with Crippen molar-refractivity contribution in [1.29, 1.82) is 0 Å². The van der Waals surface area contributed by atoms with Crippen molar-refractivity contribution in [2.75, 3.05) is 21.1 Å². The van der Waals surface area contributed by atoms with Gasteiger partial charge in [-0.1, -0.05) is 0 Å². The van der Waals surface area contributed by atoms with Gasteiger partial charge in [-0.15, -0.1) is 0 Å². The Labute approximate surface area is 68.9 Å². The summed E-state index contributed by atoms with van der Waals surface area (Å²) in [5.74, 6) is 0. The quantitative estimate of drug-likeness (QED) is 0.491. The molecule has 1 atom stereocenters. The summed E-state index contributed by atoms with van der Waals surface area (Å²) in [5, 5.41) is 9.87. The van der Waals surface area contributed by atoms with E-state index < -0.39 is 0 Å². The zero-order valence-corrected chi connectivity index (χ0v) is 7.57. The Balaban J connectivity index is 2.48. The lowest BCUT2D eigenvalue weighted by molar-refractivity contribution is 0.299. The molecule has 3 N–H and O–H groups in total. The van der Waals surface area contributed by atoms with Crippen molar-refractivity contribution in [3.8, 4) is 0 Å². The van der Waals surface area contributed by atoms with Crippen molar-refractivity contribution in [2.24, 2.45) is 0 Å². The van der Waals surface area contributed by atoms with E-state index in [9.17, 15) is 0 Å². The Morgan fingerprint density at radius 2 is 1.91 bits per heavy atom. The molecule has 1 aliphatic rings. The molecular weight excluding hydrogens is 138 g/mol. The maximum absolute atomic E-state index is 3.31. The van der Waals surface area contributed by atoms with Crippen LogP contribution < -0.4 is 16.0 Å². The van der Waals surface area contributed by atoms with Gasteiger partial charge < -0.3 is 16.0 Å². The molecule has 0 aromatic rings. The third-order valence-electron chi connectivity index (χ3n) is 2.65. The van der Waals surface area contributed by atoms with Gasteiger partial charge >= 0.3 is 0 Å². The summed E-state index contributed by atoms with van der Waals surface area (Å²) in [5.41, 5.74) is 0.133. The van der Waals surface area contributed by atoms with E-state index >= 15 is 0 Å². The molecule has 0 bridgehead atoms. The molecule has 1 radical (unpaired) electrons. The highest BCUT2D eigenvalue weighted by Crippen LogP contribution is 2.25. The molecule has 0 heterocycles. The molecular formula is C8H18N3. The molecule has 1 rings (SSSR count). The second kappa shape index (κ2) is 3.52. The van der Waals surface area contributed by atoms with Crippen molar-refractivity contribution in [2.45, 2.75) is 24.5 Å². The second-order valence-corrected chi connectivity index (χ2v) is 3.12. The molecule has 1 fully saturated rings. The van der Waals surface area contributed by atoms with Gasteiger partial charge in [0.2, 0.25) is 0 Å². The molecule has 3 heteroatoms. The lowest BCUT2D eigenvalue weighted by Gasteiger charge is -2.28. The van der Waals surface area contributed by atoms with Crippen LogP contribution in [0.4, 0.5) is 0 Å². The van der Waals surface area contributed by atoms with E-state index in [1.165, 1.54) is 0 Å². The van der Waals surface area contributed by atoms with Crippen LogP contribution in [0, 0.1) is 6.42 Å². The van der Waals surface area contributed by atoms with E-state index in [0.717, 1.165) is 12.8 Å². The molecule has 0 amide bonds. The zero-order chi connectivity index (χ0) is 8.32. The van der Waals surface area contributed by atoms with Crippen LogP contribution in [-0.4, -0.2) is 32.8 Å². The van der Waals surface area contributed by atoms with Crippen molar-refractivity contribution in [3.63, 3.8) is 0 Å². The fraction of sp³-hybridized carbons (Fsp3) is 0.875. The zero-order valence-electron chi connectivity index (χ0n) is 7.57. The highest BCUT2D eigenvalue weighted by atomic mass is 15.2. The third kappa shape index (κ3) is 1.72. The minimum absolute atomic E-state index is 0.133. The van der Waals surface area contributed by atoms with Crippen molar-refractivity contribution in [1.82, 2.24) is 16.0 Å². The molecule has 0 aromatic carbocycles. The first-order valence-electron chi connectivity index (χ1n) is 4.15. The minimum atomic E-state index is 0.133. The molecule has 0 aliphatic heterocycles. The van der Waals surface area contributed by atoms with Gasteiger partial charge in [0.25, 0.3) is 0 Å². The van der Waals surface area contributed by atoms with Crippen molar-refractivity contribution in [3.05, 3.63) is 6.42 Å². The number of nitrogens with one attached hydrogen (secondary N) is 3. The molecule has 3 nitrogen and oxygen atoms in total. The SMILES string of the molecule is CNC1[CH]CC(NC)(NC)C1. The van der Waals surface area contributed by atoms with Gasteiger partial charge in [-0.2, -0.15) is 0 Å². The average molecular weight is 156 g/mol. The predicted octanol–water partition coefficient (Wildman–Crippen LogP) is -0.292. The summed E-state index contributed by atoms with van der Waals surface area (Å²) in [6.45, 7) is 0. The molecule has 0 spiro atoms. The van der Waals surface area contributed by atoms with E-state index in [-0.39, 0.29) is 5.66 Å². The second-order valence-electron chi connectivity index (χ2n) is 3.12. The fourth-order valence-electron chi connectivity index (χ4n) is 1.64. The summed E-state index contributed by atoms with van der Waals surface area (Å²) in [6.07, 6.45) is 4.52. The van der Waals surface area contributed by atoms with Gasteiger partial charge in [0, 0.05) is 6.04 Å².